The summed E-state index contributed by atoms with van der Waals surface area (Å²) in [4.78, 5) is 11.4. The minimum absolute atomic E-state index is 0.391. The van der Waals surface area contributed by atoms with E-state index >= 15 is 0 Å². The highest BCUT2D eigenvalue weighted by Gasteiger charge is 2.22. The molecular formula is C14H19BrO2. The maximum absolute atomic E-state index is 11.4. The predicted octanol–water partition coefficient (Wildman–Crippen LogP) is 4.44. The predicted molar refractivity (Wildman–Crippen MR) is 73.2 cm³/mol. The zero-order chi connectivity index (χ0) is 12.8. The van der Waals surface area contributed by atoms with E-state index in [1.807, 2.05) is 24.3 Å². The Bertz CT molecular complexity index is 372. The Labute approximate surface area is 111 Å². The summed E-state index contributed by atoms with van der Waals surface area (Å²) in [5, 5.41) is 9.34. The maximum atomic E-state index is 11.4. The summed E-state index contributed by atoms with van der Waals surface area (Å²) in [5.41, 5.74) is 0.888. The van der Waals surface area contributed by atoms with Gasteiger partial charge >= 0.3 is 5.97 Å². The van der Waals surface area contributed by atoms with Crippen molar-refractivity contribution in [2.24, 2.45) is 5.92 Å². The molecule has 0 saturated heterocycles. The van der Waals surface area contributed by atoms with Gasteiger partial charge in [-0.25, -0.2) is 0 Å². The van der Waals surface area contributed by atoms with Crippen LogP contribution >= 0.6 is 15.9 Å². The molecule has 0 radical (unpaired) electrons. The number of carbonyl (C=O) groups is 1. The largest absolute Gasteiger partial charge is 0.481 e. The first kappa shape index (κ1) is 14.2. The molecule has 1 atom stereocenters. The zero-order valence-electron chi connectivity index (χ0n) is 10.3. The molecule has 0 amide bonds. The van der Waals surface area contributed by atoms with Crippen LogP contribution < -0.4 is 0 Å². The van der Waals surface area contributed by atoms with Crippen LogP contribution in [0.15, 0.2) is 28.7 Å². The van der Waals surface area contributed by atoms with Gasteiger partial charge in [-0.1, -0.05) is 54.8 Å². The van der Waals surface area contributed by atoms with E-state index in [1.165, 1.54) is 0 Å². The lowest BCUT2D eigenvalue weighted by Crippen LogP contribution is -2.15. The number of halogens is 1. The van der Waals surface area contributed by atoms with Gasteiger partial charge in [0, 0.05) is 4.47 Å². The van der Waals surface area contributed by atoms with Gasteiger partial charge in [-0.3, -0.25) is 4.79 Å². The second-order valence-corrected chi connectivity index (χ2v) is 5.28. The van der Waals surface area contributed by atoms with Gasteiger partial charge in [-0.15, -0.1) is 0 Å². The van der Waals surface area contributed by atoms with E-state index in [9.17, 15) is 9.90 Å². The third kappa shape index (κ3) is 4.15. The molecule has 94 valence electrons. The van der Waals surface area contributed by atoms with Gasteiger partial charge in [-0.05, 0) is 30.0 Å². The summed E-state index contributed by atoms with van der Waals surface area (Å²) in [6.07, 6.45) is 2.79. The molecule has 3 heteroatoms. The molecule has 2 nitrogen and oxygen atoms in total. The summed E-state index contributed by atoms with van der Waals surface area (Å²) in [6.45, 7) is 4.24. The summed E-state index contributed by atoms with van der Waals surface area (Å²) in [6, 6.07) is 7.61. The Morgan fingerprint density at radius 1 is 1.35 bits per heavy atom. The van der Waals surface area contributed by atoms with Crippen LogP contribution in [0.3, 0.4) is 0 Å². The quantitative estimate of drug-likeness (QED) is 0.843. The van der Waals surface area contributed by atoms with Crippen molar-refractivity contribution < 1.29 is 9.90 Å². The van der Waals surface area contributed by atoms with Crippen LogP contribution in [-0.4, -0.2) is 11.1 Å². The molecule has 17 heavy (non-hydrogen) atoms. The summed E-state index contributed by atoms with van der Waals surface area (Å²) >= 11 is 3.39. The third-order valence-corrected chi connectivity index (χ3v) is 3.77. The van der Waals surface area contributed by atoms with E-state index in [0.29, 0.717) is 5.92 Å². The fourth-order valence-corrected chi connectivity index (χ4v) is 2.48. The zero-order valence-corrected chi connectivity index (χ0v) is 11.9. The van der Waals surface area contributed by atoms with E-state index in [2.05, 4.69) is 29.8 Å². The van der Waals surface area contributed by atoms with Crippen LogP contribution in [0, 0.1) is 5.92 Å². The first-order valence-corrected chi connectivity index (χ1v) is 6.86. The molecule has 0 spiro atoms. The molecule has 1 rings (SSSR count). The number of hydrogen-bond donors (Lipinski definition) is 1. The van der Waals surface area contributed by atoms with Gasteiger partial charge < -0.3 is 5.11 Å². The number of aliphatic carboxylic acids is 1. The van der Waals surface area contributed by atoms with Crippen LogP contribution in [0.2, 0.25) is 0 Å². The average molecular weight is 299 g/mol. The number of carboxylic acid groups (broad SMARTS) is 1. The highest BCUT2D eigenvalue weighted by molar-refractivity contribution is 9.10. The molecule has 0 heterocycles. The van der Waals surface area contributed by atoms with Crippen molar-refractivity contribution in [2.45, 2.75) is 39.0 Å². The smallest absolute Gasteiger partial charge is 0.310 e. The lowest BCUT2D eigenvalue weighted by molar-refractivity contribution is -0.139. The van der Waals surface area contributed by atoms with E-state index in [-0.39, 0.29) is 0 Å². The first-order valence-electron chi connectivity index (χ1n) is 6.06. The standard InChI is InChI=1S/C14H19BrO2/c1-3-10(4-2)8-13(14(16)17)11-6-5-7-12(15)9-11/h5-7,9-10,13H,3-4,8H2,1-2H3,(H,16,17). The van der Waals surface area contributed by atoms with Gasteiger partial charge in [0.1, 0.15) is 0 Å². The second kappa shape index (κ2) is 6.80. The van der Waals surface area contributed by atoms with E-state index in [4.69, 9.17) is 0 Å². The molecule has 1 N–H and O–H groups in total. The van der Waals surface area contributed by atoms with Crippen molar-refractivity contribution in [1.82, 2.24) is 0 Å². The molecule has 1 unspecified atom stereocenters. The number of carboxylic acids is 1. The lowest BCUT2D eigenvalue weighted by atomic mass is 9.86. The van der Waals surface area contributed by atoms with E-state index in [0.717, 1.165) is 29.3 Å². The van der Waals surface area contributed by atoms with Gasteiger partial charge in [0.2, 0.25) is 0 Å². The maximum Gasteiger partial charge on any atom is 0.310 e. The van der Waals surface area contributed by atoms with Crippen LogP contribution in [0.25, 0.3) is 0 Å². The minimum Gasteiger partial charge on any atom is -0.481 e. The summed E-state index contributed by atoms with van der Waals surface area (Å²) in [5.74, 6) is -0.637. The minimum atomic E-state index is -0.727. The highest BCUT2D eigenvalue weighted by atomic mass is 79.9. The van der Waals surface area contributed by atoms with E-state index < -0.39 is 11.9 Å². The molecule has 0 aromatic heterocycles. The van der Waals surface area contributed by atoms with Crippen molar-refractivity contribution in [3.05, 3.63) is 34.3 Å². The fourth-order valence-electron chi connectivity index (χ4n) is 2.06. The van der Waals surface area contributed by atoms with Crippen molar-refractivity contribution in [2.75, 3.05) is 0 Å². The third-order valence-electron chi connectivity index (χ3n) is 3.27. The lowest BCUT2D eigenvalue weighted by Gasteiger charge is -2.19. The molecule has 0 fully saturated rings. The Morgan fingerprint density at radius 2 is 2.00 bits per heavy atom. The molecule has 1 aromatic rings. The van der Waals surface area contributed by atoms with E-state index in [1.54, 1.807) is 0 Å². The molecule has 0 bridgehead atoms. The Balaban J connectivity index is 2.89. The van der Waals surface area contributed by atoms with Crippen molar-refractivity contribution >= 4 is 21.9 Å². The molecular weight excluding hydrogens is 280 g/mol. The Hall–Kier alpha value is -0.830. The van der Waals surface area contributed by atoms with Gasteiger partial charge in [0.05, 0.1) is 5.92 Å². The number of hydrogen-bond acceptors (Lipinski definition) is 1. The monoisotopic (exact) mass is 298 g/mol. The fraction of sp³-hybridized carbons (Fsp3) is 0.500. The van der Waals surface area contributed by atoms with Crippen molar-refractivity contribution in [3.8, 4) is 0 Å². The number of rotatable bonds is 6. The molecule has 0 aliphatic rings. The van der Waals surface area contributed by atoms with Crippen LogP contribution in [-0.2, 0) is 4.79 Å². The first-order chi connectivity index (χ1) is 8.08. The van der Waals surface area contributed by atoms with Gasteiger partial charge in [-0.2, -0.15) is 0 Å². The number of benzene rings is 1. The summed E-state index contributed by atoms with van der Waals surface area (Å²) in [7, 11) is 0. The van der Waals surface area contributed by atoms with Gasteiger partial charge in [0.25, 0.3) is 0 Å². The molecule has 0 aliphatic heterocycles. The average Bonchev–Trinajstić information content (AvgIpc) is 2.30. The molecule has 0 saturated carbocycles. The van der Waals surface area contributed by atoms with Crippen LogP contribution in [0.1, 0.15) is 44.6 Å². The Morgan fingerprint density at radius 3 is 2.47 bits per heavy atom. The van der Waals surface area contributed by atoms with Crippen LogP contribution in [0.5, 0.6) is 0 Å². The normalized spacial score (nSPS) is 12.7. The SMILES string of the molecule is CCC(CC)CC(C(=O)O)c1cccc(Br)c1. The van der Waals surface area contributed by atoms with Crippen LogP contribution in [0.4, 0.5) is 0 Å². The van der Waals surface area contributed by atoms with Crippen molar-refractivity contribution in [3.63, 3.8) is 0 Å². The molecule has 0 aliphatic carbocycles. The highest BCUT2D eigenvalue weighted by Crippen LogP contribution is 2.29. The van der Waals surface area contributed by atoms with Gasteiger partial charge in [0.15, 0.2) is 0 Å². The topological polar surface area (TPSA) is 37.3 Å². The second-order valence-electron chi connectivity index (χ2n) is 4.36. The molecule has 1 aromatic carbocycles. The van der Waals surface area contributed by atoms with Crippen molar-refractivity contribution in [1.29, 1.82) is 0 Å². The Kier molecular flexibility index (Phi) is 5.69. The summed E-state index contributed by atoms with van der Waals surface area (Å²) < 4.78 is 0.936.